The van der Waals surface area contributed by atoms with Crippen molar-refractivity contribution in [3.8, 4) is 0 Å². The Kier molecular flexibility index (Phi) is 12.3. The molecule has 19 nitrogen and oxygen atoms in total. The summed E-state index contributed by atoms with van der Waals surface area (Å²) < 4.78 is 37.5. The average molecular weight is 675 g/mol. The Labute approximate surface area is 240 Å². The molecule has 1 aliphatic heterocycles. The summed E-state index contributed by atoms with van der Waals surface area (Å²) in [4.78, 5) is 46.9. The summed E-state index contributed by atoms with van der Waals surface area (Å²) in [7, 11) is -3.88. The van der Waals surface area contributed by atoms with Crippen molar-refractivity contribution in [2.24, 2.45) is 0 Å². The van der Waals surface area contributed by atoms with E-state index in [0.29, 0.717) is 6.07 Å². The zero-order valence-corrected chi connectivity index (χ0v) is 23.6. The van der Waals surface area contributed by atoms with E-state index >= 15 is 0 Å². The number of carbonyl (C=O) groups excluding carboxylic acids is 1. The van der Waals surface area contributed by atoms with Crippen molar-refractivity contribution in [3.05, 3.63) is 37.9 Å². The van der Waals surface area contributed by atoms with Crippen LogP contribution in [0.25, 0.3) is 0 Å². The van der Waals surface area contributed by atoms with Gasteiger partial charge in [-0.3, -0.25) is 29.2 Å². The van der Waals surface area contributed by atoms with Gasteiger partial charge >= 0.3 is 5.97 Å². The van der Waals surface area contributed by atoms with Crippen molar-refractivity contribution in [1.29, 1.82) is 0 Å². The van der Waals surface area contributed by atoms with Crippen LogP contribution < -0.4 is 10.2 Å². The molecule has 1 saturated heterocycles. The van der Waals surface area contributed by atoms with Gasteiger partial charge < -0.3 is 40.1 Å². The number of aliphatic hydroxyl groups excluding tert-OH is 3. The molecular weight excluding hydrogens is 648 g/mol. The summed E-state index contributed by atoms with van der Waals surface area (Å²) in [6, 6.07) is 1.44. The lowest BCUT2D eigenvalue weighted by Gasteiger charge is -2.38. The van der Waals surface area contributed by atoms with E-state index in [4.69, 9.17) is 18.8 Å². The molecule has 0 saturated carbocycles. The molecule has 2 rings (SSSR count). The molecule has 0 bridgehead atoms. The van der Waals surface area contributed by atoms with Crippen molar-refractivity contribution in [2.45, 2.75) is 30.7 Å². The second-order valence-corrected chi connectivity index (χ2v) is 10.9. The quantitative estimate of drug-likeness (QED) is 0.0456. The summed E-state index contributed by atoms with van der Waals surface area (Å²) >= 11 is 3.16. The third-order valence-corrected chi connectivity index (χ3v) is 6.49. The first-order valence-corrected chi connectivity index (χ1v) is 14.5. The number of carboxylic acid groups (broad SMARTS) is 1. The molecule has 0 aromatic heterocycles. The predicted octanol–water partition coefficient (Wildman–Crippen LogP) is -1.68. The normalized spacial score (nSPS) is 22.6. The number of carboxylic acids is 1. The number of nitrogens with zero attached hydrogens (tertiary/aromatic N) is 3. The molecule has 21 heteroatoms. The average Bonchev–Trinajstić information content (AvgIpc) is 2.88. The Balaban J connectivity index is 2.29. The second-order valence-electron chi connectivity index (χ2n) is 8.44. The summed E-state index contributed by atoms with van der Waals surface area (Å²) in [5.41, 5.74) is -2.46. The maximum atomic E-state index is 13.1. The van der Waals surface area contributed by atoms with E-state index in [0.717, 1.165) is 12.3 Å². The molecule has 0 aliphatic carbocycles. The summed E-state index contributed by atoms with van der Waals surface area (Å²) in [5.74, 6) is -2.68. The third-order valence-electron chi connectivity index (χ3n) is 5.54. The van der Waals surface area contributed by atoms with Gasteiger partial charge in [-0.2, -0.15) is 8.42 Å². The lowest BCUT2D eigenvalue weighted by molar-refractivity contribution is -0.393. The van der Waals surface area contributed by atoms with Crippen molar-refractivity contribution in [1.82, 2.24) is 5.32 Å². The van der Waals surface area contributed by atoms with Gasteiger partial charge in [0.15, 0.2) is 12.4 Å². The van der Waals surface area contributed by atoms with Crippen molar-refractivity contribution in [2.75, 3.05) is 49.3 Å². The van der Waals surface area contributed by atoms with Crippen LogP contribution in [0.5, 0.6) is 0 Å². The van der Waals surface area contributed by atoms with Crippen LogP contribution in [0.1, 0.15) is 10.4 Å². The Morgan fingerprint density at radius 2 is 1.76 bits per heavy atom. The van der Waals surface area contributed by atoms with Crippen LogP contribution in [-0.2, 0) is 28.6 Å². The van der Waals surface area contributed by atoms with Gasteiger partial charge in [0.1, 0.15) is 24.0 Å². The number of halogens is 1. The molecular formula is C20H27BrN4O15S. The zero-order chi connectivity index (χ0) is 31.1. The number of hydrogen-bond donors (Lipinski definition) is 5. The Morgan fingerprint density at radius 3 is 2.29 bits per heavy atom. The number of rotatable bonds is 15. The van der Waals surface area contributed by atoms with E-state index in [1.54, 1.807) is 0 Å². The van der Waals surface area contributed by atoms with Crippen LogP contribution in [0.3, 0.4) is 0 Å². The monoisotopic (exact) mass is 674 g/mol. The van der Waals surface area contributed by atoms with E-state index in [1.165, 1.54) is 4.90 Å². The molecule has 230 valence electrons. The molecule has 1 aromatic rings. The predicted molar refractivity (Wildman–Crippen MR) is 139 cm³/mol. The van der Waals surface area contributed by atoms with Crippen LogP contribution in [0, 0.1) is 20.2 Å². The number of benzene rings is 1. The Morgan fingerprint density at radius 1 is 1.10 bits per heavy atom. The molecule has 5 atom stereocenters. The maximum absolute atomic E-state index is 13.1. The molecule has 0 radical (unpaired) electrons. The van der Waals surface area contributed by atoms with Crippen LogP contribution in [-0.4, -0.2) is 126 Å². The number of aliphatic carboxylic acids is 1. The molecule has 0 spiro atoms. The first-order chi connectivity index (χ1) is 19.1. The molecule has 5 N–H and O–H groups in total. The minimum absolute atomic E-state index is 0.00894. The van der Waals surface area contributed by atoms with Gasteiger partial charge in [-0.15, -0.1) is 0 Å². The van der Waals surface area contributed by atoms with Crippen molar-refractivity contribution in [3.63, 3.8) is 0 Å². The first kappa shape index (κ1) is 34.2. The largest absolute Gasteiger partial charge is 0.479 e. The van der Waals surface area contributed by atoms with Crippen LogP contribution in [0.15, 0.2) is 12.1 Å². The number of anilines is 1. The number of amides is 1. The molecule has 1 aromatic carbocycles. The topological polar surface area (TPSA) is 278 Å². The molecule has 1 heterocycles. The Hall–Kier alpha value is -3.05. The molecule has 41 heavy (non-hydrogen) atoms. The number of hydrogen-bond acceptors (Lipinski definition) is 15. The molecule has 1 amide bonds. The summed E-state index contributed by atoms with van der Waals surface area (Å²) in [5, 5.41) is 64.5. The number of alkyl halides is 1. The number of nitro groups is 2. The number of ether oxygens (including phenoxy) is 2. The smallest absolute Gasteiger partial charge is 0.335 e. The summed E-state index contributed by atoms with van der Waals surface area (Å²) in [6.45, 7) is -1.60. The van der Waals surface area contributed by atoms with E-state index in [-0.39, 0.29) is 24.1 Å². The number of non-ortho nitro benzene ring substituents is 1. The molecule has 1 aliphatic rings. The highest BCUT2D eigenvalue weighted by Gasteiger charge is 2.47. The standard InChI is InChI=1S/C20H27BrN4O15S/c1-41(36,37)39-7-5-23(4-2-21)13-11(8-10(24(32)33)9-12(13)25(34)35)18(29)22-3-6-38-20-16(28)14(26)15(27)17(40-20)19(30)31/h8-9,14-17,20,26-28H,2-7H2,1H3,(H,22,29)(H,30,31)/t14-,15-,16+,17-,20+/m0/s1. The third kappa shape index (κ3) is 9.22. The van der Waals surface area contributed by atoms with Crippen LogP contribution in [0.2, 0.25) is 0 Å². The SMILES string of the molecule is CS(=O)(=O)OCCN(CCBr)c1c(C(=O)NCCO[C@@H]2O[C@H](C(=O)O)[C@@H](O)[C@H](O)[C@H]2O)cc([N+](=O)[O-])cc1[N+](=O)[O-]. The van der Waals surface area contributed by atoms with Gasteiger partial charge in [0.2, 0.25) is 0 Å². The lowest BCUT2D eigenvalue weighted by atomic mass is 9.99. The van der Waals surface area contributed by atoms with Gasteiger partial charge in [-0.1, -0.05) is 15.9 Å². The number of aliphatic hydroxyl groups is 3. The Bertz CT molecular complexity index is 1250. The first-order valence-electron chi connectivity index (χ1n) is 11.5. The van der Waals surface area contributed by atoms with E-state index in [9.17, 15) is 53.6 Å². The van der Waals surface area contributed by atoms with Gasteiger partial charge in [-0.05, 0) is 0 Å². The van der Waals surface area contributed by atoms with Crippen molar-refractivity contribution < 1.29 is 61.9 Å². The van der Waals surface area contributed by atoms with Gasteiger partial charge in [0.05, 0.1) is 40.9 Å². The van der Waals surface area contributed by atoms with Crippen LogP contribution >= 0.6 is 15.9 Å². The number of carbonyl (C=O) groups is 2. The minimum atomic E-state index is -3.88. The molecule has 1 fully saturated rings. The lowest BCUT2D eigenvalue weighted by Crippen LogP contribution is -2.60. The maximum Gasteiger partial charge on any atom is 0.335 e. The fourth-order valence-corrected chi connectivity index (χ4v) is 4.52. The number of nitro benzene ring substituents is 2. The zero-order valence-electron chi connectivity index (χ0n) is 21.2. The fourth-order valence-electron chi connectivity index (χ4n) is 3.72. The highest BCUT2D eigenvalue weighted by Crippen LogP contribution is 2.36. The molecule has 0 unspecified atom stereocenters. The van der Waals surface area contributed by atoms with E-state index in [1.807, 2.05) is 0 Å². The van der Waals surface area contributed by atoms with Gasteiger partial charge in [0, 0.05) is 31.0 Å². The highest BCUT2D eigenvalue weighted by atomic mass is 79.9. The van der Waals surface area contributed by atoms with Gasteiger partial charge in [0.25, 0.3) is 27.4 Å². The fraction of sp³-hybridized carbons (Fsp3) is 0.600. The highest BCUT2D eigenvalue weighted by molar-refractivity contribution is 9.09. The number of nitrogens with one attached hydrogen (secondary N) is 1. The minimum Gasteiger partial charge on any atom is -0.479 e. The second kappa shape index (κ2) is 14.7. The van der Waals surface area contributed by atoms with Gasteiger partial charge in [-0.25, -0.2) is 4.79 Å². The van der Waals surface area contributed by atoms with Crippen molar-refractivity contribution >= 4 is 55.0 Å². The van der Waals surface area contributed by atoms with Crippen LogP contribution in [0.4, 0.5) is 17.1 Å². The summed E-state index contributed by atoms with van der Waals surface area (Å²) in [6.07, 6.45) is -8.58. The van der Waals surface area contributed by atoms with E-state index < -0.39 is 99.2 Å². The van der Waals surface area contributed by atoms with E-state index in [2.05, 4.69) is 21.2 Å².